The van der Waals surface area contributed by atoms with Crippen LogP contribution < -0.4 is 10.9 Å². The molecule has 0 saturated heterocycles. The molecule has 5 rings (SSSR count). The third-order valence-corrected chi connectivity index (χ3v) is 6.45. The molecule has 2 heterocycles. The van der Waals surface area contributed by atoms with Crippen LogP contribution in [0.5, 0.6) is 0 Å². The zero-order chi connectivity index (χ0) is 22.2. The van der Waals surface area contributed by atoms with Crippen LogP contribution in [-0.4, -0.2) is 14.5 Å². The highest BCUT2D eigenvalue weighted by molar-refractivity contribution is 7.19. The van der Waals surface area contributed by atoms with Gasteiger partial charge in [0.25, 0.3) is 5.56 Å². The number of hydrogen-bond acceptors (Lipinski definition) is 5. The first kappa shape index (κ1) is 20.4. The molecule has 0 amide bonds. The van der Waals surface area contributed by atoms with Gasteiger partial charge in [-0.2, -0.15) is 0 Å². The van der Waals surface area contributed by atoms with Crippen molar-refractivity contribution in [1.82, 2.24) is 14.5 Å². The summed E-state index contributed by atoms with van der Waals surface area (Å²) in [5, 5.41) is 5.29. The average molecular weight is 459 g/mol. The molecule has 158 valence electrons. The Bertz CT molecular complexity index is 1510. The number of halogens is 1. The zero-order valence-electron chi connectivity index (χ0n) is 17.5. The standard InChI is InChI=1S/C25H19ClN4OS/c1-15-6-5-7-19(14-15)30-23(29-21-9-4-3-8-20(21)24(30)31)22-16(2)27-25(32-22)28-18-12-10-17(26)11-13-18/h3-14H,1-2H3,(H,27,28). The van der Waals surface area contributed by atoms with Crippen molar-refractivity contribution >= 4 is 44.7 Å². The number of hydrogen-bond donors (Lipinski definition) is 1. The number of para-hydroxylation sites is 1. The summed E-state index contributed by atoms with van der Waals surface area (Å²) in [4.78, 5) is 24.0. The molecule has 0 spiro atoms. The summed E-state index contributed by atoms with van der Waals surface area (Å²) >= 11 is 7.46. The van der Waals surface area contributed by atoms with Gasteiger partial charge in [0.1, 0.15) is 0 Å². The van der Waals surface area contributed by atoms with Crippen molar-refractivity contribution in [3.8, 4) is 16.4 Å². The van der Waals surface area contributed by atoms with Gasteiger partial charge in [0.15, 0.2) is 11.0 Å². The third kappa shape index (κ3) is 3.79. The van der Waals surface area contributed by atoms with Crippen LogP contribution in [0.25, 0.3) is 27.3 Å². The SMILES string of the molecule is Cc1cccc(-n2c(-c3sc(Nc4ccc(Cl)cc4)nc3C)nc3ccccc3c2=O)c1. The fourth-order valence-corrected chi connectivity index (χ4v) is 4.70. The minimum atomic E-state index is -0.101. The number of aryl methyl sites for hydroxylation is 2. The fraction of sp³-hybridized carbons (Fsp3) is 0.0800. The number of nitrogens with one attached hydrogen (secondary N) is 1. The van der Waals surface area contributed by atoms with E-state index >= 15 is 0 Å². The summed E-state index contributed by atoms with van der Waals surface area (Å²) < 4.78 is 1.68. The second-order valence-corrected chi connectivity index (χ2v) is 8.93. The first-order valence-electron chi connectivity index (χ1n) is 10.1. The third-order valence-electron chi connectivity index (χ3n) is 5.13. The number of thiazole rings is 1. The van der Waals surface area contributed by atoms with Crippen molar-refractivity contribution in [2.45, 2.75) is 13.8 Å². The van der Waals surface area contributed by atoms with E-state index in [1.54, 1.807) is 4.57 Å². The fourth-order valence-electron chi connectivity index (χ4n) is 3.61. The zero-order valence-corrected chi connectivity index (χ0v) is 19.0. The van der Waals surface area contributed by atoms with E-state index in [1.807, 2.05) is 86.6 Å². The summed E-state index contributed by atoms with van der Waals surface area (Å²) in [6, 6.07) is 22.8. The van der Waals surface area contributed by atoms with E-state index in [0.29, 0.717) is 21.7 Å². The molecule has 1 N–H and O–H groups in total. The molecule has 0 fully saturated rings. The minimum Gasteiger partial charge on any atom is -0.332 e. The second kappa shape index (κ2) is 8.22. The van der Waals surface area contributed by atoms with Crippen LogP contribution in [-0.2, 0) is 0 Å². The number of fused-ring (bicyclic) bond motifs is 1. The molecule has 3 aromatic carbocycles. The van der Waals surface area contributed by atoms with Gasteiger partial charge in [-0.1, -0.05) is 47.2 Å². The van der Waals surface area contributed by atoms with Gasteiger partial charge in [-0.15, -0.1) is 0 Å². The number of benzene rings is 3. The molecule has 5 aromatic rings. The predicted molar refractivity (Wildman–Crippen MR) is 133 cm³/mol. The van der Waals surface area contributed by atoms with Crippen LogP contribution in [0.4, 0.5) is 10.8 Å². The van der Waals surface area contributed by atoms with E-state index in [1.165, 1.54) is 11.3 Å². The van der Waals surface area contributed by atoms with E-state index in [9.17, 15) is 4.79 Å². The Balaban J connectivity index is 1.70. The van der Waals surface area contributed by atoms with E-state index in [-0.39, 0.29) is 5.56 Å². The van der Waals surface area contributed by atoms with E-state index in [0.717, 1.165) is 32.6 Å². The van der Waals surface area contributed by atoms with E-state index in [2.05, 4.69) is 10.3 Å². The van der Waals surface area contributed by atoms with Gasteiger partial charge in [-0.3, -0.25) is 9.36 Å². The average Bonchev–Trinajstić information content (AvgIpc) is 3.15. The molecule has 5 nitrogen and oxygen atoms in total. The molecule has 0 unspecified atom stereocenters. The van der Waals surface area contributed by atoms with Crippen LogP contribution in [0, 0.1) is 13.8 Å². The molecule has 7 heteroatoms. The van der Waals surface area contributed by atoms with Crippen molar-refractivity contribution in [3.05, 3.63) is 99.4 Å². The number of rotatable bonds is 4. The van der Waals surface area contributed by atoms with Crippen molar-refractivity contribution in [1.29, 1.82) is 0 Å². The molecular formula is C25H19ClN4OS. The Morgan fingerprint density at radius 2 is 1.72 bits per heavy atom. The van der Waals surface area contributed by atoms with E-state index in [4.69, 9.17) is 16.6 Å². The van der Waals surface area contributed by atoms with Crippen LogP contribution in [0.15, 0.2) is 77.6 Å². The molecule has 0 saturated carbocycles. The van der Waals surface area contributed by atoms with Gasteiger partial charge in [0.2, 0.25) is 0 Å². The van der Waals surface area contributed by atoms with Crippen LogP contribution in [0.2, 0.25) is 5.02 Å². The Hall–Kier alpha value is -3.48. The van der Waals surface area contributed by atoms with Crippen molar-refractivity contribution in [3.63, 3.8) is 0 Å². The molecule has 0 aliphatic heterocycles. The highest BCUT2D eigenvalue weighted by Gasteiger charge is 2.19. The molecule has 0 bridgehead atoms. The molecule has 32 heavy (non-hydrogen) atoms. The Morgan fingerprint density at radius 3 is 2.50 bits per heavy atom. The first-order chi connectivity index (χ1) is 15.5. The molecule has 0 aliphatic rings. The van der Waals surface area contributed by atoms with Gasteiger partial charge < -0.3 is 5.32 Å². The maximum Gasteiger partial charge on any atom is 0.266 e. The van der Waals surface area contributed by atoms with Crippen LogP contribution >= 0.6 is 22.9 Å². The predicted octanol–water partition coefficient (Wildman–Crippen LogP) is 6.52. The summed E-state index contributed by atoms with van der Waals surface area (Å²) in [6.07, 6.45) is 0. The molecule has 2 aromatic heterocycles. The lowest BCUT2D eigenvalue weighted by atomic mass is 10.2. The quantitative estimate of drug-likeness (QED) is 0.333. The maximum atomic E-state index is 13.6. The summed E-state index contributed by atoms with van der Waals surface area (Å²) in [6.45, 7) is 3.94. The van der Waals surface area contributed by atoms with Crippen molar-refractivity contribution < 1.29 is 0 Å². The summed E-state index contributed by atoms with van der Waals surface area (Å²) in [7, 11) is 0. The van der Waals surface area contributed by atoms with Gasteiger partial charge >= 0.3 is 0 Å². The van der Waals surface area contributed by atoms with Crippen LogP contribution in [0.3, 0.4) is 0 Å². The number of aromatic nitrogens is 3. The number of nitrogens with zero attached hydrogens (tertiary/aromatic N) is 3. The summed E-state index contributed by atoms with van der Waals surface area (Å²) in [5.74, 6) is 0.582. The topological polar surface area (TPSA) is 59.8 Å². The van der Waals surface area contributed by atoms with Gasteiger partial charge in [-0.25, -0.2) is 9.97 Å². The van der Waals surface area contributed by atoms with E-state index < -0.39 is 0 Å². The van der Waals surface area contributed by atoms with Crippen LogP contribution in [0.1, 0.15) is 11.3 Å². The van der Waals surface area contributed by atoms with Gasteiger partial charge in [0, 0.05) is 10.7 Å². The first-order valence-corrected chi connectivity index (χ1v) is 11.3. The lowest BCUT2D eigenvalue weighted by molar-refractivity contribution is 0.974. The Morgan fingerprint density at radius 1 is 0.938 bits per heavy atom. The molecule has 0 radical (unpaired) electrons. The Kier molecular flexibility index (Phi) is 5.25. The smallest absolute Gasteiger partial charge is 0.266 e. The Labute approximate surface area is 194 Å². The number of anilines is 2. The maximum absolute atomic E-state index is 13.6. The molecular weight excluding hydrogens is 440 g/mol. The monoisotopic (exact) mass is 458 g/mol. The molecule has 0 aliphatic carbocycles. The van der Waals surface area contributed by atoms with Crippen molar-refractivity contribution in [2.75, 3.05) is 5.32 Å². The van der Waals surface area contributed by atoms with Gasteiger partial charge in [-0.05, 0) is 67.9 Å². The van der Waals surface area contributed by atoms with Crippen molar-refractivity contribution in [2.24, 2.45) is 0 Å². The highest BCUT2D eigenvalue weighted by atomic mass is 35.5. The lowest BCUT2D eigenvalue weighted by Gasteiger charge is -2.13. The second-order valence-electron chi connectivity index (χ2n) is 7.50. The lowest BCUT2D eigenvalue weighted by Crippen LogP contribution is -2.22. The highest BCUT2D eigenvalue weighted by Crippen LogP contribution is 2.34. The largest absolute Gasteiger partial charge is 0.332 e. The minimum absolute atomic E-state index is 0.101. The normalized spacial score (nSPS) is 11.1. The van der Waals surface area contributed by atoms with Gasteiger partial charge in [0.05, 0.1) is 27.2 Å². The summed E-state index contributed by atoms with van der Waals surface area (Å²) in [5.41, 5.74) is 4.10. The molecule has 0 atom stereocenters.